The molecule has 1 aromatic carbocycles. The fraction of sp³-hybridized carbons (Fsp3) is 0.500. The molecule has 26 heavy (non-hydrogen) atoms. The van der Waals surface area contributed by atoms with Crippen molar-refractivity contribution in [3.05, 3.63) is 29.0 Å². The van der Waals surface area contributed by atoms with Crippen LogP contribution in [0, 0.1) is 5.82 Å². The van der Waals surface area contributed by atoms with Crippen molar-refractivity contribution < 1.29 is 27.1 Å². The van der Waals surface area contributed by atoms with Gasteiger partial charge in [-0.1, -0.05) is 24.9 Å². The maximum absolute atomic E-state index is 13.0. The number of hydrogen-bond acceptors (Lipinski definition) is 5. The SMILES string of the molecule is CCCCS(=O)(=O)N[C@@H](C)C(=O)O[C@@H](C)C(=O)Nc1ccc(F)cc1Cl. The van der Waals surface area contributed by atoms with Gasteiger partial charge in [-0.25, -0.2) is 17.5 Å². The Morgan fingerprint density at radius 1 is 1.31 bits per heavy atom. The van der Waals surface area contributed by atoms with E-state index >= 15 is 0 Å². The number of amides is 1. The number of anilines is 1. The van der Waals surface area contributed by atoms with Crippen LogP contribution in [0.4, 0.5) is 10.1 Å². The molecule has 7 nitrogen and oxygen atoms in total. The van der Waals surface area contributed by atoms with Crippen LogP contribution in [0.5, 0.6) is 0 Å². The summed E-state index contributed by atoms with van der Waals surface area (Å²) in [6.45, 7) is 4.50. The first-order valence-corrected chi connectivity index (χ1v) is 10.0. The zero-order valence-corrected chi connectivity index (χ0v) is 16.3. The number of rotatable bonds is 9. The van der Waals surface area contributed by atoms with Gasteiger partial charge in [0.25, 0.3) is 5.91 Å². The van der Waals surface area contributed by atoms with E-state index in [4.69, 9.17) is 16.3 Å². The molecule has 0 saturated heterocycles. The molecule has 0 fully saturated rings. The highest BCUT2D eigenvalue weighted by Crippen LogP contribution is 2.22. The maximum atomic E-state index is 13.0. The van der Waals surface area contributed by atoms with Crippen LogP contribution in [0.3, 0.4) is 0 Å². The summed E-state index contributed by atoms with van der Waals surface area (Å²) < 4.78 is 43.7. The first-order chi connectivity index (χ1) is 12.1. The van der Waals surface area contributed by atoms with E-state index in [9.17, 15) is 22.4 Å². The number of nitrogens with one attached hydrogen (secondary N) is 2. The van der Waals surface area contributed by atoms with Crippen LogP contribution >= 0.6 is 11.6 Å². The molecule has 1 aromatic rings. The van der Waals surface area contributed by atoms with Gasteiger partial charge in [0.15, 0.2) is 6.10 Å². The number of sulfonamides is 1. The zero-order chi connectivity index (χ0) is 19.9. The molecular formula is C16H22ClFN2O5S. The van der Waals surface area contributed by atoms with Gasteiger partial charge in [0.2, 0.25) is 10.0 Å². The summed E-state index contributed by atoms with van der Waals surface area (Å²) in [6.07, 6.45) is -0.0387. The van der Waals surface area contributed by atoms with Crippen LogP contribution in [-0.4, -0.2) is 38.2 Å². The van der Waals surface area contributed by atoms with E-state index in [2.05, 4.69) is 10.0 Å². The molecule has 1 rings (SSSR count). The summed E-state index contributed by atoms with van der Waals surface area (Å²) in [4.78, 5) is 24.0. The molecule has 0 aliphatic heterocycles. The molecule has 0 aliphatic carbocycles. The second-order valence-electron chi connectivity index (χ2n) is 5.70. The fourth-order valence-corrected chi connectivity index (χ4v) is 3.50. The van der Waals surface area contributed by atoms with Crippen LogP contribution in [0.2, 0.25) is 5.02 Å². The van der Waals surface area contributed by atoms with E-state index in [-0.39, 0.29) is 16.5 Å². The predicted octanol–water partition coefficient (Wildman–Crippen LogP) is 2.46. The lowest BCUT2D eigenvalue weighted by molar-refractivity contribution is -0.154. The molecule has 0 spiro atoms. The van der Waals surface area contributed by atoms with Crippen LogP contribution in [0.25, 0.3) is 0 Å². The van der Waals surface area contributed by atoms with E-state index in [1.54, 1.807) is 0 Å². The summed E-state index contributed by atoms with van der Waals surface area (Å²) in [5, 5.41) is 2.40. The number of hydrogen-bond donors (Lipinski definition) is 2. The zero-order valence-electron chi connectivity index (χ0n) is 14.7. The Kier molecular flexibility index (Phi) is 8.45. The Morgan fingerprint density at radius 3 is 2.54 bits per heavy atom. The fourth-order valence-electron chi connectivity index (χ4n) is 1.87. The van der Waals surface area contributed by atoms with Crippen molar-refractivity contribution in [2.75, 3.05) is 11.1 Å². The highest BCUT2D eigenvalue weighted by atomic mass is 35.5. The minimum atomic E-state index is -3.61. The van der Waals surface area contributed by atoms with Crippen molar-refractivity contribution >= 4 is 39.2 Å². The monoisotopic (exact) mass is 408 g/mol. The average molecular weight is 409 g/mol. The Morgan fingerprint density at radius 2 is 1.96 bits per heavy atom. The molecule has 146 valence electrons. The van der Waals surface area contributed by atoms with Gasteiger partial charge in [-0.05, 0) is 38.5 Å². The average Bonchev–Trinajstić information content (AvgIpc) is 2.54. The van der Waals surface area contributed by atoms with E-state index < -0.39 is 39.9 Å². The molecule has 0 aliphatic rings. The van der Waals surface area contributed by atoms with Gasteiger partial charge in [-0.2, -0.15) is 0 Å². The molecule has 2 N–H and O–H groups in total. The molecule has 10 heteroatoms. The summed E-state index contributed by atoms with van der Waals surface area (Å²) in [6, 6.07) is 2.28. The number of ether oxygens (including phenoxy) is 1. The van der Waals surface area contributed by atoms with E-state index in [1.165, 1.54) is 19.9 Å². The number of carbonyl (C=O) groups excluding carboxylic acids is 2. The van der Waals surface area contributed by atoms with Crippen molar-refractivity contribution in [1.29, 1.82) is 0 Å². The quantitative estimate of drug-likeness (QED) is 0.611. The van der Waals surface area contributed by atoms with Crippen molar-refractivity contribution in [2.45, 2.75) is 45.8 Å². The van der Waals surface area contributed by atoms with Gasteiger partial charge in [0, 0.05) is 0 Å². The van der Waals surface area contributed by atoms with Crippen LogP contribution in [-0.2, 0) is 24.3 Å². The molecule has 0 aromatic heterocycles. The number of carbonyl (C=O) groups is 2. The number of esters is 1. The van der Waals surface area contributed by atoms with Crippen molar-refractivity contribution in [1.82, 2.24) is 4.72 Å². The van der Waals surface area contributed by atoms with Gasteiger partial charge in [0.1, 0.15) is 11.9 Å². The number of halogens is 2. The predicted molar refractivity (Wildman–Crippen MR) is 96.9 cm³/mol. The molecule has 0 saturated carbocycles. The largest absolute Gasteiger partial charge is 0.451 e. The third-order valence-electron chi connectivity index (χ3n) is 3.33. The van der Waals surface area contributed by atoms with E-state index in [1.807, 2.05) is 6.92 Å². The normalized spacial score (nSPS) is 13.7. The lowest BCUT2D eigenvalue weighted by atomic mass is 10.3. The summed E-state index contributed by atoms with van der Waals surface area (Å²) in [5.74, 6) is -2.23. The highest BCUT2D eigenvalue weighted by Gasteiger charge is 2.25. The third-order valence-corrected chi connectivity index (χ3v) is 5.18. The second-order valence-corrected chi connectivity index (χ2v) is 7.99. The minimum Gasteiger partial charge on any atom is -0.451 e. The Bertz CT molecular complexity index is 757. The Hall–Kier alpha value is -1.71. The van der Waals surface area contributed by atoms with Crippen molar-refractivity contribution in [3.8, 4) is 0 Å². The Labute approximate surface area is 157 Å². The minimum absolute atomic E-state index is 0.00562. The van der Waals surface area contributed by atoms with Gasteiger partial charge < -0.3 is 10.1 Å². The topological polar surface area (TPSA) is 102 Å². The lowest BCUT2D eigenvalue weighted by Crippen LogP contribution is -2.43. The summed E-state index contributed by atoms with van der Waals surface area (Å²) >= 11 is 5.81. The van der Waals surface area contributed by atoms with E-state index in [0.717, 1.165) is 12.1 Å². The van der Waals surface area contributed by atoms with Gasteiger partial charge in [0.05, 0.1) is 16.5 Å². The third kappa shape index (κ3) is 7.27. The number of benzene rings is 1. The Balaban J connectivity index is 2.61. The summed E-state index contributed by atoms with van der Waals surface area (Å²) in [5.41, 5.74) is 0.161. The van der Waals surface area contributed by atoms with Crippen molar-refractivity contribution in [2.24, 2.45) is 0 Å². The number of unbranched alkanes of at least 4 members (excludes halogenated alkanes) is 1. The van der Waals surface area contributed by atoms with Crippen molar-refractivity contribution in [3.63, 3.8) is 0 Å². The molecule has 1 amide bonds. The highest BCUT2D eigenvalue weighted by molar-refractivity contribution is 7.89. The van der Waals surface area contributed by atoms with Crippen LogP contribution < -0.4 is 10.0 Å². The molecule has 0 heterocycles. The molecule has 0 bridgehead atoms. The van der Waals surface area contributed by atoms with E-state index in [0.29, 0.717) is 12.8 Å². The summed E-state index contributed by atoms with van der Waals surface area (Å²) in [7, 11) is -3.61. The standard InChI is InChI=1S/C16H22ClFN2O5S/c1-4-5-8-26(23,24)20-10(2)16(22)25-11(3)15(21)19-14-7-6-12(18)9-13(14)17/h6-7,9-11,20H,4-5,8H2,1-3H3,(H,19,21)/t10-,11-/m0/s1. The molecule has 0 unspecified atom stereocenters. The molecule has 0 radical (unpaired) electrons. The van der Waals surface area contributed by atoms with Gasteiger partial charge in [-0.3, -0.25) is 9.59 Å². The first-order valence-electron chi connectivity index (χ1n) is 8.02. The van der Waals surface area contributed by atoms with Crippen LogP contribution in [0.15, 0.2) is 18.2 Å². The van der Waals surface area contributed by atoms with Gasteiger partial charge >= 0.3 is 5.97 Å². The van der Waals surface area contributed by atoms with Crippen LogP contribution in [0.1, 0.15) is 33.6 Å². The molecular weight excluding hydrogens is 387 g/mol. The first kappa shape index (κ1) is 22.3. The maximum Gasteiger partial charge on any atom is 0.324 e. The second kappa shape index (κ2) is 9.84. The van der Waals surface area contributed by atoms with Gasteiger partial charge in [-0.15, -0.1) is 0 Å². The molecule has 2 atom stereocenters. The lowest BCUT2D eigenvalue weighted by Gasteiger charge is -2.18. The smallest absolute Gasteiger partial charge is 0.324 e.